The van der Waals surface area contributed by atoms with Gasteiger partial charge in [-0.3, -0.25) is 9.11 Å². The van der Waals surface area contributed by atoms with Crippen molar-refractivity contribution in [2.45, 2.75) is 9.79 Å². The lowest BCUT2D eigenvalue weighted by Gasteiger charge is -2.03. The van der Waals surface area contributed by atoms with Gasteiger partial charge in [0.15, 0.2) is 0 Å². The van der Waals surface area contributed by atoms with E-state index >= 15 is 0 Å². The third kappa shape index (κ3) is 3.89. The van der Waals surface area contributed by atoms with Gasteiger partial charge in [-0.2, -0.15) is 16.8 Å². The second kappa shape index (κ2) is 5.57. The minimum Gasteiger partial charge on any atom is -0.282 e. The maximum atomic E-state index is 11.2. The first-order chi connectivity index (χ1) is 9.68. The highest BCUT2D eigenvalue weighted by atomic mass is 32.2. The first kappa shape index (κ1) is 15.7. The molecule has 0 fully saturated rings. The molecular formula is C9H7N3O6S3. The van der Waals surface area contributed by atoms with Crippen LogP contribution in [0.3, 0.4) is 0 Å². The van der Waals surface area contributed by atoms with Gasteiger partial charge >= 0.3 is 0 Å². The van der Waals surface area contributed by atoms with Crippen LogP contribution in [-0.2, 0) is 20.2 Å². The number of azo groups is 1. The SMILES string of the molecule is O=S(=O)(O)c1ccc(S(=O)(=O)O)c(N=Nc2nccs2)c1. The molecule has 21 heavy (non-hydrogen) atoms. The molecule has 12 heteroatoms. The number of rotatable bonds is 4. The fourth-order valence-electron chi connectivity index (χ4n) is 1.32. The summed E-state index contributed by atoms with van der Waals surface area (Å²) in [6.45, 7) is 0. The molecular weight excluding hydrogens is 342 g/mol. The van der Waals surface area contributed by atoms with E-state index in [1.165, 1.54) is 6.20 Å². The summed E-state index contributed by atoms with van der Waals surface area (Å²) >= 11 is 1.11. The standard InChI is InChI=1S/C9H7N3O6S3/c13-20(14,15)6-1-2-8(21(16,17)18)7(5-6)11-12-9-10-3-4-19-9/h1-5H,(H,13,14,15)(H,16,17,18). The second-order valence-corrected chi connectivity index (χ2v) is 7.28. The minimum absolute atomic E-state index is 0.202. The van der Waals surface area contributed by atoms with Crippen LogP contribution < -0.4 is 0 Å². The Kier molecular flexibility index (Phi) is 4.15. The molecule has 2 aromatic rings. The van der Waals surface area contributed by atoms with E-state index in [4.69, 9.17) is 9.11 Å². The number of benzene rings is 1. The van der Waals surface area contributed by atoms with Crippen molar-refractivity contribution in [1.29, 1.82) is 0 Å². The molecule has 0 radical (unpaired) electrons. The van der Waals surface area contributed by atoms with Crippen molar-refractivity contribution in [2.24, 2.45) is 10.2 Å². The summed E-state index contributed by atoms with van der Waals surface area (Å²) in [7, 11) is -9.18. The Hall–Kier alpha value is -1.73. The highest BCUT2D eigenvalue weighted by Gasteiger charge is 2.19. The summed E-state index contributed by atoms with van der Waals surface area (Å²) in [5.41, 5.74) is -0.442. The molecule has 0 unspecified atom stereocenters. The Morgan fingerprint density at radius 2 is 1.76 bits per heavy atom. The maximum absolute atomic E-state index is 11.2. The summed E-state index contributed by atoms with van der Waals surface area (Å²) in [5, 5.41) is 8.97. The lowest BCUT2D eigenvalue weighted by atomic mass is 10.3. The fraction of sp³-hybridized carbons (Fsp3) is 0. The van der Waals surface area contributed by atoms with Gasteiger partial charge in [-0.05, 0) is 18.2 Å². The lowest BCUT2D eigenvalue weighted by molar-refractivity contribution is 0.478. The molecule has 0 aliphatic rings. The Balaban J connectivity index is 2.59. The fourth-order valence-corrected chi connectivity index (χ4v) is 2.87. The molecule has 1 aromatic heterocycles. The quantitative estimate of drug-likeness (QED) is 0.634. The predicted molar refractivity (Wildman–Crippen MR) is 72.4 cm³/mol. The van der Waals surface area contributed by atoms with Crippen LogP contribution in [-0.4, -0.2) is 30.9 Å². The number of nitrogens with zero attached hydrogens (tertiary/aromatic N) is 3. The van der Waals surface area contributed by atoms with Crippen LogP contribution in [0.2, 0.25) is 0 Å². The largest absolute Gasteiger partial charge is 0.296 e. The average Bonchev–Trinajstić information content (AvgIpc) is 2.86. The van der Waals surface area contributed by atoms with E-state index < -0.39 is 35.7 Å². The van der Waals surface area contributed by atoms with E-state index in [-0.39, 0.29) is 5.13 Å². The zero-order chi connectivity index (χ0) is 15.7. The molecule has 0 bridgehead atoms. The minimum atomic E-state index is -4.63. The van der Waals surface area contributed by atoms with E-state index in [0.29, 0.717) is 0 Å². The molecule has 0 atom stereocenters. The van der Waals surface area contributed by atoms with Gasteiger partial charge in [0.1, 0.15) is 10.6 Å². The van der Waals surface area contributed by atoms with E-state index in [9.17, 15) is 16.8 Å². The van der Waals surface area contributed by atoms with Crippen molar-refractivity contribution >= 4 is 42.4 Å². The second-order valence-electron chi connectivity index (χ2n) is 3.59. The molecule has 0 spiro atoms. The first-order valence-corrected chi connectivity index (χ1v) is 8.84. The molecule has 2 rings (SSSR count). The molecule has 0 aliphatic heterocycles. The van der Waals surface area contributed by atoms with Gasteiger partial charge in [0, 0.05) is 11.6 Å². The van der Waals surface area contributed by atoms with Crippen molar-refractivity contribution in [3.05, 3.63) is 29.8 Å². The van der Waals surface area contributed by atoms with Gasteiger partial charge in [-0.1, -0.05) is 0 Å². The number of hydrogen-bond acceptors (Lipinski definition) is 8. The van der Waals surface area contributed by atoms with Crippen molar-refractivity contribution in [3.8, 4) is 0 Å². The predicted octanol–water partition coefficient (Wildman–Crippen LogP) is 2.05. The van der Waals surface area contributed by atoms with Crippen molar-refractivity contribution in [1.82, 2.24) is 4.98 Å². The van der Waals surface area contributed by atoms with Gasteiger partial charge in [0.05, 0.1) is 4.90 Å². The molecule has 0 saturated carbocycles. The Bertz CT molecular complexity index is 887. The van der Waals surface area contributed by atoms with Gasteiger partial charge < -0.3 is 0 Å². The summed E-state index contributed by atoms with van der Waals surface area (Å²) in [5.74, 6) is 0. The molecule has 0 saturated heterocycles. The van der Waals surface area contributed by atoms with E-state index in [1.54, 1.807) is 5.38 Å². The van der Waals surface area contributed by atoms with Crippen molar-refractivity contribution in [2.75, 3.05) is 0 Å². The summed E-state index contributed by atoms with van der Waals surface area (Å²) in [6, 6.07) is 2.39. The third-order valence-corrected chi connectivity index (χ3v) is 4.58. The highest BCUT2D eigenvalue weighted by Crippen LogP contribution is 2.29. The van der Waals surface area contributed by atoms with Crippen LogP contribution in [0.25, 0.3) is 0 Å². The molecule has 112 valence electrons. The van der Waals surface area contributed by atoms with E-state index in [2.05, 4.69) is 15.2 Å². The van der Waals surface area contributed by atoms with Gasteiger partial charge in [0.2, 0.25) is 5.13 Å². The van der Waals surface area contributed by atoms with E-state index in [0.717, 1.165) is 29.5 Å². The third-order valence-electron chi connectivity index (χ3n) is 2.17. The summed E-state index contributed by atoms with van der Waals surface area (Å²) in [6.07, 6.45) is 1.44. The number of aromatic nitrogens is 1. The number of hydrogen-bond donors (Lipinski definition) is 2. The van der Waals surface area contributed by atoms with Gasteiger partial charge in [0.25, 0.3) is 20.2 Å². The van der Waals surface area contributed by atoms with Crippen LogP contribution >= 0.6 is 11.3 Å². The Labute approximate surface area is 123 Å². The normalized spacial score (nSPS) is 12.9. The molecule has 0 amide bonds. The Morgan fingerprint density at radius 1 is 1.05 bits per heavy atom. The summed E-state index contributed by atoms with van der Waals surface area (Å²) < 4.78 is 62.5. The maximum Gasteiger partial charge on any atom is 0.296 e. The smallest absolute Gasteiger partial charge is 0.282 e. The Morgan fingerprint density at radius 3 is 2.29 bits per heavy atom. The van der Waals surface area contributed by atoms with Gasteiger partial charge in [-0.25, -0.2) is 4.98 Å². The average molecular weight is 349 g/mol. The lowest BCUT2D eigenvalue weighted by Crippen LogP contribution is -2.02. The molecule has 0 aliphatic carbocycles. The monoisotopic (exact) mass is 349 g/mol. The van der Waals surface area contributed by atoms with Crippen LogP contribution in [0.15, 0.2) is 49.8 Å². The first-order valence-electron chi connectivity index (χ1n) is 5.08. The van der Waals surface area contributed by atoms with Crippen LogP contribution in [0.5, 0.6) is 0 Å². The molecule has 1 heterocycles. The molecule has 2 N–H and O–H groups in total. The van der Waals surface area contributed by atoms with Crippen LogP contribution in [0, 0.1) is 0 Å². The topological polar surface area (TPSA) is 146 Å². The van der Waals surface area contributed by atoms with Crippen molar-refractivity contribution < 1.29 is 25.9 Å². The van der Waals surface area contributed by atoms with Crippen LogP contribution in [0.4, 0.5) is 10.8 Å². The van der Waals surface area contributed by atoms with Crippen molar-refractivity contribution in [3.63, 3.8) is 0 Å². The zero-order valence-electron chi connectivity index (χ0n) is 9.98. The summed E-state index contributed by atoms with van der Waals surface area (Å²) in [4.78, 5) is 2.55. The number of thiazole rings is 1. The van der Waals surface area contributed by atoms with E-state index in [1.807, 2.05) is 0 Å². The molecule has 1 aromatic carbocycles. The van der Waals surface area contributed by atoms with Gasteiger partial charge in [-0.15, -0.1) is 21.6 Å². The molecule has 9 nitrogen and oxygen atoms in total. The zero-order valence-corrected chi connectivity index (χ0v) is 12.4. The highest BCUT2D eigenvalue weighted by molar-refractivity contribution is 7.86. The van der Waals surface area contributed by atoms with Crippen LogP contribution in [0.1, 0.15) is 0 Å².